The highest BCUT2D eigenvalue weighted by molar-refractivity contribution is 6.31. The lowest BCUT2D eigenvalue weighted by molar-refractivity contribution is -0.0924. The van der Waals surface area contributed by atoms with E-state index in [1.54, 1.807) is 26.0 Å². The molecular weight excluding hydrogens is 667 g/mol. The summed E-state index contributed by atoms with van der Waals surface area (Å²) in [5.41, 5.74) is 4.73. The van der Waals surface area contributed by atoms with Gasteiger partial charge >= 0.3 is 6.18 Å². The van der Waals surface area contributed by atoms with E-state index in [4.69, 9.17) is 16.3 Å². The number of allylic oxidation sites excluding steroid dienone is 3. The van der Waals surface area contributed by atoms with Crippen LogP contribution >= 0.6 is 11.6 Å². The number of hydrogen-bond donors (Lipinski definition) is 1. The Bertz CT molecular complexity index is 1490. The molecular formula is C41H60ClF5N2O. The lowest BCUT2D eigenvalue weighted by Crippen LogP contribution is -2.11. The highest BCUT2D eigenvalue weighted by Gasteiger charge is 2.33. The van der Waals surface area contributed by atoms with Crippen LogP contribution in [-0.4, -0.2) is 30.1 Å². The summed E-state index contributed by atoms with van der Waals surface area (Å²) in [7, 11) is 0. The van der Waals surface area contributed by atoms with Gasteiger partial charge in [0.15, 0.2) is 11.6 Å². The van der Waals surface area contributed by atoms with E-state index >= 15 is 0 Å². The molecule has 0 fully saturated rings. The first-order valence-corrected chi connectivity index (χ1v) is 18.2. The lowest BCUT2D eigenvalue weighted by Gasteiger charge is -2.15. The van der Waals surface area contributed by atoms with Crippen LogP contribution in [0.2, 0.25) is 5.02 Å². The second kappa shape index (κ2) is 25.1. The SMILES string of the molecule is C/C=C(\N=C(C)CCC)C(F)(F)F.C=C(C)CC.CCCCc1c([C@@H](C)c2ccc(C)c(F)c2F)[nH]c2ccc(Cl)cc12.CCCOCCC. The number of aryl methyl sites for hydroxylation is 2. The molecule has 1 aromatic heterocycles. The minimum atomic E-state index is -4.33. The van der Waals surface area contributed by atoms with Crippen LogP contribution in [0.5, 0.6) is 0 Å². The van der Waals surface area contributed by atoms with Crippen molar-refractivity contribution in [2.45, 2.75) is 133 Å². The average molecular weight is 727 g/mol. The lowest BCUT2D eigenvalue weighted by atomic mass is 9.91. The van der Waals surface area contributed by atoms with Crippen molar-refractivity contribution in [2.24, 2.45) is 4.99 Å². The van der Waals surface area contributed by atoms with E-state index in [0.29, 0.717) is 28.3 Å². The molecule has 0 amide bonds. The summed E-state index contributed by atoms with van der Waals surface area (Å²) < 4.78 is 70.1. The average Bonchev–Trinajstić information content (AvgIpc) is 3.43. The predicted octanol–water partition coefficient (Wildman–Crippen LogP) is 14.4. The molecule has 0 saturated heterocycles. The van der Waals surface area contributed by atoms with E-state index in [0.717, 1.165) is 86.4 Å². The van der Waals surface area contributed by atoms with Crippen LogP contribution in [0, 0.1) is 18.6 Å². The number of fused-ring (bicyclic) bond motifs is 1. The van der Waals surface area contributed by atoms with Gasteiger partial charge in [-0.2, -0.15) is 13.2 Å². The Balaban J connectivity index is 0.000000800. The van der Waals surface area contributed by atoms with Gasteiger partial charge in [0.05, 0.1) is 0 Å². The molecule has 3 nitrogen and oxygen atoms in total. The van der Waals surface area contributed by atoms with Gasteiger partial charge in [-0.05, 0) is 101 Å². The highest BCUT2D eigenvalue weighted by atomic mass is 35.5. The van der Waals surface area contributed by atoms with E-state index in [2.05, 4.69) is 44.3 Å². The molecule has 50 heavy (non-hydrogen) atoms. The number of H-pyrrole nitrogens is 1. The molecule has 282 valence electrons. The van der Waals surface area contributed by atoms with Gasteiger partial charge in [-0.15, -0.1) is 6.58 Å². The first-order valence-electron chi connectivity index (χ1n) is 17.8. The Hall–Kier alpha value is -2.97. The smallest absolute Gasteiger partial charge is 0.381 e. The zero-order valence-corrected chi connectivity index (χ0v) is 32.7. The number of rotatable bonds is 13. The topological polar surface area (TPSA) is 37.4 Å². The molecule has 0 spiro atoms. The predicted molar refractivity (Wildman–Crippen MR) is 205 cm³/mol. The van der Waals surface area contributed by atoms with Gasteiger partial charge < -0.3 is 9.72 Å². The van der Waals surface area contributed by atoms with Crippen molar-refractivity contribution in [1.29, 1.82) is 0 Å². The van der Waals surface area contributed by atoms with Crippen LogP contribution in [0.4, 0.5) is 22.0 Å². The minimum absolute atomic E-state index is 0.270. The molecule has 0 saturated carbocycles. The Labute approximate surface area is 303 Å². The molecule has 1 N–H and O–H groups in total. The zero-order chi connectivity index (χ0) is 38.4. The second-order valence-electron chi connectivity index (χ2n) is 12.3. The van der Waals surface area contributed by atoms with Gasteiger partial charge in [-0.25, -0.2) is 8.78 Å². The number of ether oxygens (including phenoxy) is 1. The summed E-state index contributed by atoms with van der Waals surface area (Å²) >= 11 is 6.17. The number of hydrogen-bond acceptors (Lipinski definition) is 2. The third-order valence-electron chi connectivity index (χ3n) is 7.67. The molecule has 0 radical (unpaired) electrons. The first-order chi connectivity index (χ1) is 23.5. The van der Waals surface area contributed by atoms with E-state index in [1.165, 1.54) is 12.5 Å². The molecule has 1 atom stereocenters. The van der Waals surface area contributed by atoms with Gasteiger partial charge in [0.25, 0.3) is 0 Å². The molecule has 0 bridgehead atoms. The number of halogens is 6. The van der Waals surface area contributed by atoms with Crippen LogP contribution in [0.1, 0.15) is 136 Å². The van der Waals surface area contributed by atoms with Gasteiger partial charge in [0.2, 0.25) is 0 Å². The summed E-state index contributed by atoms with van der Waals surface area (Å²) in [5.74, 6) is -1.79. The van der Waals surface area contributed by atoms with Crippen molar-refractivity contribution in [1.82, 2.24) is 4.98 Å². The Morgan fingerprint density at radius 2 is 1.56 bits per heavy atom. The van der Waals surface area contributed by atoms with Gasteiger partial charge in [-0.3, -0.25) is 4.99 Å². The van der Waals surface area contributed by atoms with E-state index < -0.39 is 23.5 Å². The molecule has 9 heteroatoms. The maximum atomic E-state index is 14.5. The van der Waals surface area contributed by atoms with Crippen LogP contribution in [-0.2, 0) is 11.2 Å². The largest absolute Gasteiger partial charge is 0.432 e. The fourth-order valence-corrected chi connectivity index (χ4v) is 4.86. The number of aromatic nitrogens is 1. The number of nitrogens with zero attached hydrogens (tertiary/aromatic N) is 1. The van der Waals surface area contributed by atoms with E-state index in [1.807, 2.05) is 39.0 Å². The molecule has 2 aromatic carbocycles. The number of nitrogens with one attached hydrogen (secondary N) is 1. The summed E-state index contributed by atoms with van der Waals surface area (Å²) in [5, 5.41) is 1.74. The Kier molecular flexibility index (Phi) is 23.6. The molecule has 0 aliphatic carbocycles. The Morgan fingerprint density at radius 1 is 0.960 bits per heavy atom. The van der Waals surface area contributed by atoms with Crippen molar-refractivity contribution in [2.75, 3.05) is 13.2 Å². The van der Waals surface area contributed by atoms with Crippen LogP contribution in [0.15, 0.2) is 59.2 Å². The van der Waals surface area contributed by atoms with Crippen molar-refractivity contribution in [3.8, 4) is 0 Å². The fraction of sp³-hybridized carbons (Fsp3) is 0.537. The molecule has 0 aliphatic rings. The van der Waals surface area contributed by atoms with Crippen LogP contribution in [0.25, 0.3) is 10.9 Å². The minimum Gasteiger partial charge on any atom is -0.381 e. The maximum absolute atomic E-state index is 14.5. The Morgan fingerprint density at radius 3 is 2.04 bits per heavy atom. The van der Waals surface area contributed by atoms with Gasteiger partial charge in [-0.1, -0.05) is 89.8 Å². The molecule has 3 rings (SSSR count). The van der Waals surface area contributed by atoms with Crippen molar-refractivity contribution < 1.29 is 26.7 Å². The third kappa shape index (κ3) is 16.8. The molecule has 1 heterocycles. The van der Waals surface area contributed by atoms with E-state index in [-0.39, 0.29) is 5.92 Å². The monoisotopic (exact) mass is 726 g/mol. The van der Waals surface area contributed by atoms with Crippen LogP contribution in [0.3, 0.4) is 0 Å². The van der Waals surface area contributed by atoms with Crippen molar-refractivity contribution in [3.05, 3.63) is 93.3 Å². The molecule has 0 unspecified atom stereocenters. The first kappa shape index (κ1) is 47.0. The normalized spacial score (nSPS) is 12.3. The fourth-order valence-electron chi connectivity index (χ4n) is 4.69. The number of alkyl halides is 3. The van der Waals surface area contributed by atoms with Crippen molar-refractivity contribution in [3.63, 3.8) is 0 Å². The summed E-state index contributed by atoms with van der Waals surface area (Å²) in [4.78, 5) is 6.92. The number of benzene rings is 2. The third-order valence-corrected chi connectivity index (χ3v) is 7.91. The van der Waals surface area contributed by atoms with E-state index in [9.17, 15) is 22.0 Å². The molecule has 3 aromatic rings. The van der Waals surface area contributed by atoms with Crippen LogP contribution < -0.4 is 0 Å². The zero-order valence-electron chi connectivity index (χ0n) is 31.9. The highest BCUT2D eigenvalue weighted by Crippen LogP contribution is 2.35. The number of aliphatic imine (C=N–C) groups is 1. The number of aromatic amines is 1. The maximum Gasteiger partial charge on any atom is 0.432 e. The molecule has 0 aliphatic heterocycles. The van der Waals surface area contributed by atoms with Gasteiger partial charge in [0, 0.05) is 46.5 Å². The number of unbranched alkanes of at least 4 members (excludes halogenated alkanes) is 1. The second-order valence-corrected chi connectivity index (χ2v) is 12.8. The summed E-state index contributed by atoms with van der Waals surface area (Å²) in [6, 6.07) is 9.04. The summed E-state index contributed by atoms with van der Waals surface area (Å²) in [6.07, 6.45) is 4.44. The summed E-state index contributed by atoms with van der Waals surface area (Å²) in [6.45, 7) is 24.4. The van der Waals surface area contributed by atoms with Gasteiger partial charge in [0.1, 0.15) is 5.70 Å². The van der Waals surface area contributed by atoms with Crippen molar-refractivity contribution >= 4 is 28.2 Å². The quantitative estimate of drug-likeness (QED) is 0.0809. The standard InChI is InChI=1S/C21H22ClF2N.C9H14F3N.C6H14O.C5H10/c1-4-5-6-16-17-11-14(22)8-10-18(17)25-21(16)13(3)15-9-7-12(2)19(23)20(15)24;1-4-6-7(3)13-8(5-2)9(10,11)12;1-3-5-7-6-4-2;1-4-5(2)3/h7-11,13,25H,4-6H2,1-3H3;5H,4,6H2,1-3H3;3-6H2,1-2H3;2,4H2,1,3H3/b;8-5-,13-7?;;/t13-;;;/m0.../s1.